The molecule has 0 fully saturated rings. The van der Waals surface area contributed by atoms with Crippen molar-refractivity contribution < 1.29 is 4.74 Å². The van der Waals surface area contributed by atoms with Gasteiger partial charge in [0.25, 0.3) is 5.88 Å². The van der Waals surface area contributed by atoms with Crippen LogP contribution in [-0.4, -0.2) is 17.0 Å². The van der Waals surface area contributed by atoms with Gasteiger partial charge in [-0.05, 0) is 25.0 Å². The number of nitrogens with one attached hydrogen (secondary N) is 1. The van der Waals surface area contributed by atoms with Gasteiger partial charge in [-0.2, -0.15) is 0 Å². The smallest absolute Gasteiger partial charge is 0.262 e. The lowest BCUT2D eigenvalue weighted by atomic mass is 10.1. The Balaban J connectivity index is 2.38. The third-order valence-corrected chi connectivity index (χ3v) is 2.51. The fourth-order valence-electron chi connectivity index (χ4n) is 1.63. The predicted octanol–water partition coefficient (Wildman–Crippen LogP) is 2.93. The van der Waals surface area contributed by atoms with Gasteiger partial charge in [-0.3, -0.25) is 0 Å². The van der Waals surface area contributed by atoms with Gasteiger partial charge in [-0.1, -0.05) is 18.2 Å². The van der Waals surface area contributed by atoms with Crippen LogP contribution in [0.1, 0.15) is 11.1 Å². The molecule has 0 aliphatic heterocycles. The number of nitrogens with zero attached hydrogens (tertiary/aromatic N) is 2. The Morgan fingerprint density at radius 2 is 1.71 bits per heavy atom. The molecule has 1 N–H and O–H groups in total. The molecule has 0 spiro atoms. The number of benzene rings is 1. The summed E-state index contributed by atoms with van der Waals surface area (Å²) in [4.78, 5) is 8.33. The summed E-state index contributed by atoms with van der Waals surface area (Å²) in [6, 6.07) is 6.03. The number of hydrogen-bond donors (Lipinski definition) is 1. The molecule has 4 heteroatoms. The molecule has 4 nitrogen and oxygen atoms in total. The summed E-state index contributed by atoms with van der Waals surface area (Å²) >= 11 is 0. The fourth-order valence-corrected chi connectivity index (χ4v) is 1.63. The molecule has 2 aromatic rings. The van der Waals surface area contributed by atoms with Gasteiger partial charge in [-0.25, -0.2) is 9.97 Å². The Bertz CT molecular complexity index is 506. The van der Waals surface area contributed by atoms with Gasteiger partial charge in [0, 0.05) is 19.4 Å². The SMILES string of the molecule is CNc1nccnc1Oc1c(C)cccc1C. The standard InChI is InChI=1S/C13H15N3O/c1-9-5-4-6-10(2)11(9)17-13-12(14-3)15-7-8-16-13/h4-8H,1-3H3,(H,14,15). The summed E-state index contributed by atoms with van der Waals surface area (Å²) in [7, 11) is 1.79. The molecule has 1 heterocycles. The van der Waals surface area contributed by atoms with E-state index >= 15 is 0 Å². The third-order valence-electron chi connectivity index (χ3n) is 2.51. The molecule has 0 amide bonds. The van der Waals surface area contributed by atoms with E-state index in [1.165, 1.54) is 0 Å². The largest absolute Gasteiger partial charge is 0.435 e. The van der Waals surface area contributed by atoms with Crippen molar-refractivity contribution in [3.05, 3.63) is 41.7 Å². The van der Waals surface area contributed by atoms with Crippen molar-refractivity contribution in [2.24, 2.45) is 0 Å². The number of ether oxygens (including phenoxy) is 1. The zero-order valence-corrected chi connectivity index (χ0v) is 10.2. The minimum Gasteiger partial charge on any atom is -0.435 e. The van der Waals surface area contributed by atoms with E-state index in [0.717, 1.165) is 16.9 Å². The molecule has 1 aromatic heterocycles. The van der Waals surface area contributed by atoms with E-state index in [1.54, 1.807) is 19.4 Å². The summed E-state index contributed by atoms with van der Waals surface area (Å²) in [6.45, 7) is 4.02. The Kier molecular flexibility index (Phi) is 3.23. The quantitative estimate of drug-likeness (QED) is 0.879. The molecule has 0 aliphatic rings. The predicted molar refractivity (Wildman–Crippen MR) is 67.6 cm³/mol. The summed E-state index contributed by atoms with van der Waals surface area (Å²) in [6.07, 6.45) is 3.24. The van der Waals surface area contributed by atoms with Crippen molar-refractivity contribution in [3.8, 4) is 11.6 Å². The van der Waals surface area contributed by atoms with Crippen molar-refractivity contribution in [2.45, 2.75) is 13.8 Å². The van der Waals surface area contributed by atoms with Crippen LogP contribution in [-0.2, 0) is 0 Å². The lowest BCUT2D eigenvalue weighted by molar-refractivity contribution is 0.456. The van der Waals surface area contributed by atoms with Crippen LogP contribution in [0.25, 0.3) is 0 Å². The highest BCUT2D eigenvalue weighted by Crippen LogP contribution is 2.30. The normalized spacial score (nSPS) is 10.1. The van der Waals surface area contributed by atoms with Crippen molar-refractivity contribution in [1.29, 1.82) is 0 Å². The summed E-state index contributed by atoms with van der Waals surface area (Å²) in [5, 5.41) is 2.96. The Labute approximate surface area is 101 Å². The van der Waals surface area contributed by atoms with Crippen LogP contribution in [0.15, 0.2) is 30.6 Å². The first-order chi connectivity index (χ1) is 8.22. The summed E-state index contributed by atoms with van der Waals surface area (Å²) in [5.74, 6) is 1.96. The summed E-state index contributed by atoms with van der Waals surface area (Å²) in [5.41, 5.74) is 2.16. The van der Waals surface area contributed by atoms with E-state index in [0.29, 0.717) is 11.7 Å². The molecule has 0 aliphatic carbocycles. The highest BCUT2D eigenvalue weighted by molar-refractivity contribution is 5.49. The van der Waals surface area contributed by atoms with Crippen molar-refractivity contribution in [1.82, 2.24) is 9.97 Å². The highest BCUT2D eigenvalue weighted by Gasteiger charge is 2.09. The second kappa shape index (κ2) is 4.82. The lowest BCUT2D eigenvalue weighted by Crippen LogP contribution is -1.99. The van der Waals surface area contributed by atoms with E-state index in [2.05, 4.69) is 15.3 Å². The van der Waals surface area contributed by atoms with Crippen LogP contribution in [0.3, 0.4) is 0 Å². The number of rotatable bonds is 3. The van der Waals surface area contributed by atoms with E-state index in [9.17, 15) is 0 Å². The molecule has 0 atom stereocenters. The molecule has 0 radical (unpaired) electrons. The minimum absolute atomic E-state index is 0.493. The van der Waals surface area contributed by atoms with E-state index in [-0.39, 0.29) is 0 Å². The zero-order chi connectivity index (χ0) is 12.3. The first-order valence-corrected chi connectivity index (χ1v) is 5.45. The maximum absolute atomic E-state index is 5.83. The van der Waals surface area contributed by atoms with E-state index < -0.39 is 0 Å². The van der Waals surface area contributed by atoms with Gasteiger partial charge in [-0.15, -0.1) is 0 Å². The fraction of sp³-hybridized carbons (Fsp3) is 0.231. The van der Waals surface area contributed by atoms with Crippen LogP contribution in [0.4, 0.5) is 5.82 Å². The van der Waals surface area contributed by atoms with E-state index in [1.807, 2.05) is 32.0 Å². The van der Waals surface area contributed by atoms with Gasteiger partial charge in [0.05, 0.1) is 0 Å². The molecule has 1 aromatic carbocycles. The Hall–Kier alpha value is -2.10. The molecule has 2 rings (SSSR count). The molecular weight excluding hydrogens is 214 g/mol. The molecule has 88 valence electrons. The summed E-state index contributed by atoms with van der Waals surface area (Å²) < 4.78 is 5.83. The zero-order valence-electron chi connectivity index (χ0n) is 10.2. The topological polar surface area (TPSA) is 47.0 Å². The van der Waals surface area contributed by atoms with Crippen LogP contribution in [0.5, 0.6) is 11.6 Å². The van der Waals surface area contributed by atoms with Crippen LogP contribution in [0.2, 0.25) is 0 Å². The van der Waals surface area contributed by atoms with E-state index in [4.69, 9.17) is 4.74 Å². The maximum atomic E-state index is 5.83. The molecule has 17 heavy (non-hydrogen) atoms. The van der Waals surface area contributed by atoms with Crippen LogP contribution < -0.4 is 10.1 Å². The maximum Gasteiger partial charge on any atom is 0.262 e. The second-order valence-electron chi connectivity index (χ2n) is 3.78. The van der Waals surface area contributed by atoms with Crippen molar-refractivity contribution in [3.63, 3.8) is 0 Å². The Morgan fingerprint density at radius 3 is 2.35 bits per heavy atom. The van der Waals surface area contributed by atoms with Crippen molar-refractivity contribution >= 4 is 5.82 Å². The number of aromatic nitrogens is 2. The average Bonchev–Trinajstić information content (AvgIpc) is 2.34. The second-order valence-corrected chi connectivity index (χ2v) is 3.78. The van der Waals surface area contributed by atoms with Crippen LogP contribution >= 0.6 is 0 Å². The monoisotopic (exact) mass is 229 g/mol. The van der Waals surface area contributed by atoms with Gasteiger partial charge >= 0.3 is 0 Å². The molecular formula is C13H15N3O. The van der Waals surface area contributed by atoms with Crippen molar-refractivity contribution in [2.75, 3.05) is 12.4 Å². The number of aryl methyl sites for hydroxylation is 2. The minimum atomic E-state index is 0.493. The van der Waals surface area contributed by atoms with Gasteiger partial charge in [0.15, 0.2) is 5.82 Å². The first kappa shape index (κ1) is 11.4. The molecule has 0 unspecified atom stereocenters. The van der Waals surface area contributed by atoms with Gasteiger partial charge < -0.3 is 10.1 Å². The lowest BCUT2D eigenvalue weighted by Gasteiger charge is -2.12. The number of anilines is 1. The van der Waals surface area contributed by atoms with Gasteiger partial charge in [0.2, 0.25) is 0 Å². The highest BCUT2D eigenvalue weighted by atomic mass is 16.5. The number of hydrogen-bond acceptors (Lipinski definition) is 4. The average molecular weight is 229 g/mol. The molecule has 0 bridgehead atoms. The van der Waals surface area contributed by atoms with Gasteiger partial charge in [0.1, 0.15) is 5.75 Å². The molecule has 0 saturated carbocycles. The number of para-hydroxylation sites is 1. The first-order valence-electron chi connectivity index (χ1n) is 5.45. The Morgan fingerprint density at radius 1 is 1.06 bits per heavy atom. The molecule has 0 saturated heterocycles. The third kappa shape index (κ3) is 2.36. The van der Waals surface area contributed by atoms with Crippen LogP contribution in [0, 0.1) is 13.8 Å².